The first-order chi connectivity index (χ1) is 10.6. The molecule has 0 spiro atoms. The Labute approximate surface area is 135 Å². The van der Waals surface area contributed by atoms with Gasteiger partial charge in [0.15, 0.2) is 0 Å². The third-order valence-corrected chi connectivity index (χ3v) is 5.02. The summed E-state index contributed by atoms with van der Waals surface area (Å²) in [7, 11) is 1.72. The van der Waals surface area contributed by atoms with Gasteiger partial charge in [0.25, 0.3) is 5.91 Å². The van der Waals surface area contributed by atoms with Crippen molar-refractivity contribution in [3.05, 3.63) is 64.2 Å². The second-order valence-corrected chi connectivity index (χ2v) is 6.61. The molecule has 6 heteroatoms. The monoisotopic (exact) mass is 332 g/mol. The van der Waals surface area contributed by atoms with Gasteiger partial charge in [0.05, 0.1) is 4.88 Å². The molecule has 3 aromatic rings. The third kappa shape index (κ3) is 3.23. The number of benzene rings is 1. The number of nitrogens with zero attached hydrogens (tertiary/aromatic N) is 2. The number of amides is 1. The average molecular weight is 332 g/mol. The molecular formula is C16H13FN2OS2. The first-order valence-corrected chi connectivity index (χ1v) is 8.39. The largest absolute Gasteiger partial charge is 0.336 e. The topological polar surface area (TPSA) is 33.2 Å². The van der Waals surface area contributed by atoms with Gasteiger partial charge in [-0.05, 0) is 29.1 Å². The Kier molecular flexibility index (Phi) is 4.31. The summed E-state index contributed by atoms with van der Waals surface area (Å²) >= 11 is 3.06. The molecular weight excluding hydrogens is 319 g/mol. The van der Waals surface area contributed by atoms with Gasteiger partial charge in [0.1, 0.15) is 16.5 Å². The van der Waals surface area contributed by atoms with Crippen LogP contribution in [0.1, 0.15) is 16.1 Å². The smallest absolute Gasteiger partial charge is 0.273 e. The lowest BCUT2D eigenvalue weighted by Crippen LogP contribution is -2.26. The SMILES string of the molecule is CN(Cc1ccc(F)cc1)C(=O)c1csc(-c2cccs2)n1. The number of hydrogen-bond acceptors (Lipinski definition) is 4. The van der Waals surface area contributed by atoms with Gasteiger partial charge < -0.3 is 4.90 Å². The number of carbonyl (C=O) groups excluding carboxylic acids is 1. The van der Waals surface area contributed by atoms with Crippen LogP contribution in [-0.2, 0) is 6.54 Å². The molecule has 0 aliphatic carbocycles. The molecule has 2 heterocycles. The summed E-state index contributed by atoms with van der Waals surface area (Å²) in [6, 6.07) is 10.1. The van der Waals surface area contributed by atoms with Crippen LogP contribution in [0.25, 0.3) is 9.88 Å². The number of aromatic nitrogens is 1. The lowest BCUT2D eigenvalue weighted by atomic mass is 10.2. The van der Waals surface area contributed by atoms with E-state index in [0.717, 1.165) is 15.4 Å². The van der Waals surface area contributed by atoms with Crippen molar-refractivity contribution in [2.24, 2.45) is 0 Å². The Hall–Kier alpha value is -2.05. The van der Waals surface area contributed by atoms with E-state index in [1.165, 1.54) is 23.5 Å². The molecule has 0 atom stereocenters. The summed E-state index contributed by atoms with van der Waals surface area (Å²) < 4.78 is 12.9. The van der Waals surface area contributed by atoms with Crippen LogP contribution in [-0.4, -0.2) is 22.8 Å². The van der Waals surface area contributed by atoms with E-state index in [2.05, 4.69) is 4.98 Å². The number of carbonyl (C=O) groups is 1. The zero-order valence-electron chi connectivity index (χ0n) is 11.8. The molecule has 0 saturated heterocycles. The van der Waals surface area contributed by atoms with Crippen molar-refractivity contribution in [1.82, 2.24) is 9.88 Å². The number of thiazole rings is 1. The predicted molar refractivity (Wildman–Crippen MR) is 87.6 cm³/mol. The van der Waals surface area contributed by atoms with E-state index >= 15 is 0 Å². The molecule has 3 nitrogen and oxygen atoms in total. The first-order valence-electron chi connectivity index (χ1n) is 6.63. The van der Waals surface area contributed by atoms with Crippen molar-refractivity contribution in [1.29, 1.82) is 0 Å². The zero-order chi connectivity index (χ0) is 15.5. The van der Waals surface area contributed by atoms with Gasteiger partial charge in [0.2, 0.25) is 0 Å². The Morgan fingerprint density at radius 1 is 1.23 bits per heavy atom. The number of hydrogen-bond donors (Lipinski definition) is 0. The highest BCUT2D eigenvalue weighted by Gasteiger charge is 2.16. The quantitative estimate of drug-likeness (QED) is 0.714. The standard InChI is InChI=1S/C16H13FN2OS2/c1-19(9-11-4-6-12(17)7-5-11)16(20)13-10-22-15(18-13)14-3-2-8-21-14/h2-8,10H,9H2,1H3. The Bertz CT molecular complexity index is 766. The van der Waals surface area contributed by atoms with Gasteiger partial charge in [-0.3, -0.25) is 4.79 Å². The molecule has 0 N–H and O–H groups in total. The van der Waals surface area contributed by atoms with Crippen LogP contribution in [0.3, 0.4) is 0 Å². The van der Waals surface area contributed by atoms with Crippen molar-refractivity contribution < 1.29 is 9.18 Å². The van der Waals surface area contributed by atoms with Crippen LogP contribution < -0.4 is 0 Å². The second-order valence-electron chi connectivity index (χ2n) is 4.80. The van der Waals surface area contributed by atoms with Crippen molar-refractivity contribution in [3.8, 4) is 9.88 Å². The van der Waals surface area contributed by atoms with Gasteiger partial charge >= 0.3 is 0 Å². The Balaban J connectivity index is 1.72. The minimum Gasteiger partial charge on any atom is -0.336 e. The van der Waals surface area contributed by atoms with E-state index in [-0.39, 0.29) is 11.7 Å². The fourth-order valence-electron chi connectivity index (χ4n) is 2.02. The van der Waals surface area contributed by atoms with Gasteiger partial charge in [-0.15, -0.1) is 22.7 Å². The molecule has 0 aliphatic heterocycles. The van der Waals surface area contributed by atoms with E-state index in [0.29, 0.717) is 12.2 Å². The van der Waals surface area contributed by atoms with E-state index < -0.39 is 0 Å². The van der Waals surface area contributed by atoms with Crippen molar-refractivity contribution in [2.75, 3.05) is 7.05 Å². The second kappa shape index (κ2) is 6.37. The minimum absolute atomic E-state index is 0.136. The van der Waals surface area contributed by atoms with Gasteiger partial charge in [-0.2, -0.15) is 0 Å². The summed E-state index contributed by atoms with van der Waals surface area (Å²) in [5, 5.41) is 4.62. The van der Waals surface area contributed by atoms with Crippen LogP contribution in [0.5, 0.6) is 0 Å². The molecule has 0 fully saturated rings. The molecule has 3 rings (SSSR count). The fraction of sp³-hybridized carbons (Fsp3) is 0.125. The van der Waals surface area contributed by atoms with Crippen LogP contribution in [0.4, 0.5) is 4.39 Å². The normalized spacial score (nSPS) is 10.6. The van der Waals surface area contributed by atoms with E-state index in [1.807, 2.05) is 17.5 Å². The summed E-state index contributed by atoms with van der Waals surface area (Å²) in [6.45, 7) is 0.422. The molecule has 2 aromatic heterocycles. The van der Waals surface area contributed by atoms with E-state index in [9.17, 15) is 9.18 Å². The highest BCUT2D eigenvalue weighted by atomic mass is 32.1. The minimum atomic E-state index is -0.280. The van der Waals surface area contributed by atoms with Crippen molar-refractivity contribution >= 4 is 28.6 Å². The molecule has 0 bridgehead atoms. The lowest BCUT2D eigenvalue weighted by molar-refractivity contribution is 0.0780. The van der Waals surface area contributed by atoms with Gasteiger partial charge in [-0.1, -0.05) is 18.2 Å². The predicted octanol–water partition coefficient (Wildman–Crippen LogP) is 4.28. The molecule has 1 amide bonds. The highest BCUT2D eigenvalue weighted by molar-refractivity contribution is 7.20. The van der Waals surface area contributed by atoms with Crippen molar-refractivity contribution in [2.45, 2.75) is 6.54 Å². The Morgan fingerprint density at radius 2 is 2.00 bits per heavy atom. The molecule has 1 aromatic carbocycles. The van der Waals surface area contributed by atoms with Gasteiger partial charge in [-0.25, -0.2) is 9.37 Å². The highest BCUT2D eigenvalue weighted by Crippen LogP contribution is 2.28. The van der Waals surface area contributed by atoms with Crippen molar-refractivity contribution in [3.63, 3.8) is 0 Å². The van der Waals surface area contributed by atoms with Crippen LogP contribution in [0.2, 0.25) is 0 Å². The van der Waals surface area contributed by atoms with E-state index in [4.69, 9.17) is 0 Å². The Morgan fingerprint density at radius 3 is 2.68 bits per heavy atom. The fourth-order valence-corrected chi connectivity index (χ4v) is 3.62. The maximum atomic E-state index is 12.9. The molecule has 112 valence electrons. The summed E-state index contributed by atoms with van der Waals surface area (Å²) in [4.78, 5) is 19.4. The molecule has 0 saturated carbocycles. The first kappa shape index (κ1) is 14.9. The maximum absolute atomic E-state index is 12.9. The zero-order valence-corrected chi connectivity index (χ0v) is 13.5. The summed E-state index contributed by atoms with van der Waals surface area (Å²) in [6.07, 6.45) is 0. The number of halogens is 1. The maximum Gasteiger partial charge on any atom is 0.273 e. The molecule has 0 aliphatic rings. The average Bonchev–Trinajstić information content (AvgIpc) is 3.19. The molecule has 0 unspecified atom stereocenters. The lowest BCUT2D eigenvalue weighted by Gasteiger charge is -2.15. The van der Waals surface area contributed by atoms with E-state index in [1.54, 1.807) is 40.8 Å². The van der Waals surface area contributed by atoms with Crippen LogP contribution >= 0.6 is 22.7 Å². The number of rotatable bonds is 4. The van der Waals surface area contributed by atoms with Crippen LogP contribution in [0.15, 0.2) is 47.2 Å². The third-order valence-electron chi connectivity index (χ3n) is 3.13. The number of thiophene rings is 1. The molecule has 22 heavy (non-hydrogen) atoms. The summed E-state index contributed by atoms with van der Waals surface area (Å²) in [5.74, 6) is -0.416. The van der Waals surface area contributed by atoms with Gasteiger partial charge in [0, 0.05) is 19.0 Å². The summed E-state index contributed by atoms with van der Waals surface area (Å²) in [5.41, 5.74) is 1.32. The van der Waals surface area contributed by atoms with Crippen LogP contribution in [0, 0.1) is 5.82 Å². The molecule has 0 radical (unpaired) electrons.